The normalized spacial score (nSPS) is 10.8. The summed E-state index contributed by atoms with van der Waals surface area (Å²) in [6.45, 7) is 0. The number of Topliss-reactive ketones (excluding diaryl/α,β-unsaturated/α-hetero) is 1. The van der Waals surface area contributed by atoms with Gasteiger partial charge in [-0.05, 0) is 29.8 Å². The average Bonchev–Trinajstić information content (AvgIpc) is 2.47. The van der Waals surface area contributed by atoms with Gasteiger partial charge in [0.15, 0.2) is 5.78 Å². The van der Waals surface area contributed by atoms with Gasteiger partial charge >= 0.3 is 0 Å². The van der Waals surface area contributed by atoms with E-state index in [-0.39, 0.29) is 6.42 Å². The molecule has 0 atom stereocenters. The van der Waals surface area contributed by atoms with E-state index in [0.717, 1.165) is 23.0 Å². The Morgan fingerprint density at radius 3 is 2.43 bits per heavy atom. The first kappa shape index (κ1) is 13.4. The Kier molecular flexibility index (Phi) is 3.44. The monoisotopic (exact) mass is 283 g/mol. The SMILES string of the molecule is O=C(Cc1ccnc2ccccc12)c1c(F)cccc1F. The summed E-state index contributed by atoms with van der Waals surface area (Å²) in [5, 5.41) is 0.810. The van der Waals surface area contributed by atoms with Crippen LogP contribution in [0.15, 0.2) is 54.7 Å². The number of benzene rings is 2. The topological polar surface area (TPSA) is 30.0 Å². The third-order valence-corrected chi connectivity index (χ3v) is 3.33. The maximum atomic E-state index is 13.6. The first-order valence-corrected chi connectivity index (χ1v) is 6.46. The molecule has 0 amide bonds. The van der Waals surface area contributed by atoms with E-state index in [1.807, 2.05) is 24.3 Å². The Morgan fingerprint density at radius 2 is 1.67 bits per heavy atom. The molecule has 0 bridgehead atoms. The number of carbonyl (C=O) groups is 1. The van der Waals surface area contributed by atoms with Crippen molar-refractivity contribution in [2.24, 2.45) is 0 Å². The van der Waals surface area contributed by atoms with Crippen molar-refractivity contribution in [3.05, 3.63) is 77.5 Å². The number of hydrogen-bond acceptors (Lipinski definition) is 2. The van der Waals surface area contributed by atoms with E-state index < -0.39 is 23.0 Å². The summed E-state index contributed by atoms with van der Waals surface area (Å²) in [5.41, 5.74) is 0.962. The summed E-state index contributed by atoms with van der Waals surface area (Å²) < 4.78 is 27.3. The highest BCUT2D eigenvalue weighted by molar-refractivity contribution is 6.00. The van der Waals surface area contributed by atoms with E-state index in [0.29, 0.717) is 5.56 Å². The summed E-state index contributed by atoms with van der Waals surface area (Å²) in [6.07, 6.45) is 1.52. The lowest BCUT2D eigenvalue weighted by Gasteiger charge is -2.07. The van der Waals surface area contributed by atoms with Crippen LogP contribution < -0.4 is 0 Å². The zero-order valence-electron chi connectivity index (χ0n) is 11.0. The van der Waals surface area contributed by atoms with Crippen molar-refractivity contribution in [3.8, 4) is 0 Å². The van der Waals surface area contributed by atoms with Crippen LogP contribution >= 0.6 is 0 Å². The van der Waals surface area contributed by atoms with Crippen LogP contribution in [0.4, 0.5) is 8.78 Å². The van der Waals surface area contributed by atoms with Gasteiger partial charge in [-0.2, -0.15) is 0 Å². The molecule has 0 saturated carbocycles. The van der Waals surface area contributed by atoms with E-state index >= 15 is 0 Å². The second kappa shape index (κ2) is 5.40. The zero-order chi connectivity index (χ0) is 14.8. The van der Waals surface area contributed by atoms with Crippen molar-refractivity contribution in [2.45, 2.75) is 6.42 Å². The van der Waals surface area contributed by atoms with Gasteiger partial charge in [0.25, 0.3) is 0 Å². The van der Waals surface area contributed by atoms with Crippen LogP contribution in [0.3, 0.4) is 0 Å². The lowest BCUT2D eigenvalue weighted by atomic mass is 9.99. The van der Waals surface area contributed by atoms with E-state index in [1.165, 1.54) is 6.07 Å². The van der Waals surface area contributed by atoms with Crippen LogP contribution in [0.25, 0.3) is 10.9 Å². The van der Waals surface area contributed by atoms with E-state index in [4.69, 9.17) is 0 Å². The standard InChI is InChI=1S/C17H11F2NO/c18-13-5-3-6-14(19)17(13)16(21)10-11-8-9-20-15-7-2-1-4-12(11)15/h1-9H,10H2. The van der Waals surface area contributed by atoms with Crippen molar-refractivity contribution in [2.75, 3.05) is 0 Å². The molecule has 0 N–H and O–H groups in total. The number of fused-ring (bicyclic) bond motifs is 1. The fourth-order valence-corrected chi connectivity index (χ4v) is 2.33. The minimum absolute atomic E-state index is 0.0686. The van der Waals surface area contributed by atoms with Crippen LogP contribution in [0, 0.1) is 11.6 Å². The quantitative estimate of drug-likeness (QED) is 0.681. The van der Waals surface area contributed by atoms with Gasteiger partial charge in [-0.15, -0.1) is 0 Å². The highest BCUT2D eigenvalue weighted by Crippen LogP contribution is 2.20. The third kappa shape index (κ3) is 2.52. The average molecular weight is 283 g/mol. The molecule has 1 heterocycles. The van der Waals surface area contributed by atoms with Crippen LogP contribution in [-0.4, -0.2) is 10.8 Å². The fourth-order valence-electron chi connectivity index (χ4n) is 2.33. The molecule has 0 radical (unpaired) electrons. The van der Waals surface area contributed by atoms with Crippen molar-refractivity contribution in [1.29, 1.82) is 0 Å². The van der Waals surface area contributed by atoms with Gasteiger partial charge in [0.2, 0.25) is 0 Å². The molecule has 2 aromatic carbocycles. The summed E-state index contributed by atoms with van der Waals surface area (Å²) in [4.78, 5) is 16.4. The minimum atomic E-state index is -0.835. The Bertz CT molecular complexity index is 804. The van der Waals surface area contributed by atoms with Gasteiger partial charge in [-0.25, -0.2) is 8.78 Å². The van der Waals surface area contributed by atoms with Crippen molar-refractivity contribution in [1.82, 2.24) is 4.98 Å². The Labute approximate surface area is 120 Å². The number of carbonyl (C=O) groups excluding carboxylic acids is 1. The highest BCUT2D eigenvalue weighted by Gasteiger charge is 2.18. The number of rotatable bonds is 3. The number of para-hydroxylation sites is 1. The molecule has 0 unspecified atom stereocenters. The van der Waals surface area contributed by atoms with Crippen molar-refractivity contribution in [3.63, 3.8) is 0 Å². The van der Waals surface area contributed by atoms with Gasteiger partial charge in [-0.1, -0.05) is 24.3 Å². The zero-order valence-corrected chi connectivity index (χ0v) is 11.0. The molecule has 0 aliphatic carbocycles. The second-order valence-corrected chi connectivity index (χ2v) is 4.68. The first-order valence-electron chi connectivity index (χ1n) is 6.46. The number of pyridine rings is 1. The Hall–Kier alpha value is -2.62. The van der Waals surface area contributed by atoms with Gasteiger partial charge in [0, 0.05) is 18.0 Å². The maximum absolute atomic E-state index is 13.6. The van der Waals surface area contributed by atoms with Gasteiger partial charge in [0.05, 0.1) is 11.1 Å². The molecule has 3 aromatic rings. The van der Waals surface area contributed by atoms with Crippen molar-refractivity contribution < 1.29 is 13.6 Å². The first-order chi connectivity index (χ1) is 10.2. The van der Waals surface area contributed by atoms with Gasteiger partial charge in [-0.3, -0.25) is 9.78 Å². The molecule has 0 saturated heterocycles. The number of hydrogen-bond donors (Lipinski definition) is 0. The van der Waals surface area contributed by atoms with Crippen molar-refractivity contribution >= 4 is 16.7 Å². The van der Waals surface area contributed by atoms with E-state index in [9.17, 15) is 13.6 Å². The maximum Gasteiger partial charge on any atom is 0.173 e. The van der Waals surface area contributed by atoms with Crippen LogP contribution in [0.2, 0.25) is 0 Å². The predicted molar refractivity (Wildman–Crippen MR) is 76.1 cm³/mol. The highest BCUT2D eigenvalue weighted by atomic mass is 19.1. The van der Waals surface area contributed by atoms with Crippen LogP contribution in [0.1, 0.15) is 15.9 Å². The molecule has 21 heavy (non-hydrogen) atoms. The number of nitrogens with zero attached hydrogens (tertiary/aromatic N) is 1. The number of halogens is 2. The molecule has 0 aliphatic rings. The lowest BCUT2D eigenvalue weighted by Crippen LogP contribution is -2.09. The van der Waals surface area contributed by atoms with Gasteiger partial charge < -0.3 is 0 Å². The molecule has 0 spiro atoms. The lowest BCUT2D eigenvalue weighted by molar-refractivity contribution is 0.0985. The molecule has 0 aliphatic heterocycles. The predicted octanol–water partition coefficient (Wildman–Crippen LogP) is 3.94. The summed E-state index contributed by atoms with van der Waals surface area (Å²) >= 11 is 0. The van der Waals surface area contributed by atoms with Crippen LogP contribution in [-0.2, 0) is 6.42 Å². The largest absolute Gasteiger partial charge is 0.294 e. The Morgan fingerprint density at radius 1 is 0.952 bits per heavy atom. The summed E-state index contributed by atoms with van der Waals surface area (Å²) in [6, 6.07) is 12.4. The fraction of sp³-hybridized carbons (Fsp3) is 0.0588. The molecular weight excluding hydrogens is 272 g/mol. The van der Waals surface area contributed by atoms with E-state index in [2.05, 4.69) is 4.98 Å². The van der Waals surface area contributed by atoms with Crippen LogP contribution in [0.5, 0.6) is 0 Å². The molecule has 1 aromatic heterocycles. The van der Waals surface area contributed by atoms with Gasteiger partial charge in [0.1, 0.15) is 11.6 Å². The molecule has 0 fully saturated rings. The molecule has 3 rings (SSSR count). The number of ketones is 1. The van der Waals surface area contributed by atoms with E-state index in [1.54, 1.807) is 12.3 Å². The third-order valence-electron chi connectivity index (χ3n) is 3.33. The molecule has 2 nitrogen and oxygen atoms in total. The minimum Gasteiger partial charge on any atom is -0.294 e. The molecular formula is C17H11F2NO. The summed E-state index contributed by atoms with van der Waals surface area (Å²) in [7, 11) is 0. The second-order valence-electron chi connectivity index (χ2n) is 4.68. The Balaban J connectivity index is 2.01. The molecule has 4 heteroatoms. The number of aromatic nitrogens is 1. The smallest absolute Gasteiger partial charge is 0.173 e. The molecule has 104 valence electrons. The summed E-state index contributed by atoms with van der Waals surface area (Å²) in [5.74, 6) is -2.25.